The van der Waals surface area contributed by atoms with E-state index in [9.17, 15) is 4.79 Å². The Morgan fingerprint density at radius 3 is 2.88 bits per heavy atom. The van der Waals surface area contributed by atoms with E-state index < -0.39 is 0 Å². The smallest absolute Gasteiger partial charge is 0.257 e. The molecule has 2 aromatic rings. The molecule has 1 amide bonds. The molecule has 0 saturated carbocycles. The second-order valence-corrected chi connectivity index (χ2v) is 7.16. The number of carbonyl (C=O) groups excluding carboxylic acids is 1. The average molecular weight is 387 g/mol. The molecule has 1 N–H and O–H groups in total. The van der Waals surface area contributed by atoms with Gasteiger partial charge in [0, 0.05) is 23.3 Å². The molecule has 0 aliphatic carbocycles. The highest BCUT2D eigenvalue weighted by Gasteiger charge is 2.35. The first-order valence-corrected chi connectivity index (χ1v) is 9.05. The molecule has 124 valence electrons. The maximum Gasteiger partial charge on any atom is 0.257 e. The van der Waals surface area contributed by atoms with E-state index in [2.05, 4.69) is 27.3 Å². The monoisotopic (exact) mass is 386 g/mol. The summed E-state index contributed by atoms with van der Waals surface area (Å²) in [5.74, 6) is 0.0600. The van der Waals surface area contributed by atoms with Gasteiger partial charge in [0.1, 0.15) is 6.17 Å². The summed E-state index contributed by atoms with van der Waals surface area (Å²) in [6.45, 7) is 1.40. The summed E-state index contributed by atoms with van der Waals surface area (Å²) >= 11 is 3.53. The molecule has 0 bridgehead atoms. The third-order valence-electron chi connectivity index (χ3n) is 4.61. The van der Waals surface area contributed by atoms with Gasteiger partial charge in [0.2, 0.25) is 0 Å². The van der Waals surface area contributed by atoms with Crippen LogP contribution in [0.3, 0.4) is 0 Å². The first-order chi connectivity index (χ1) is 11.7. The van der Waals surface area contributed by atoms with Gasteiger partial charge in [-0.15, -0.1) is 0 Å². The molecule has 0 spiro atoms. The molecule has 0 aromatic heterocycles. The molecule has 1 saturated heterocycles. The van der Waals surface area contributed by atoms with Gasteiger partial charge in [-0.25, -0.2) is 0 Å². The molecule has 5 heteroatoms. The van der Waals surface area contributed by atoms with E-state index in [1.807, 2.05) is 47.4 Å². The number of benzene rings is 2. The molecule has 24 heavy (non-hydrogen) atoms. The Hall–Kier alpha value is -1.85. The molecule has 4 rings (SSSR count). The van der Waals surface area contributed by atoms with E-state index in [4.69, 9.17) is 4.74 Å². The number of nitrogens with one attached hydrogen (secondary N) is 1. The maximum absolute atomic E-state index is 13.1. The van der Waals surface area contributed by atoms with Gasteiger partial charge in [0.25, 0.3) is 5.91 Å². The zero-order valence-corrected chi connectivity index (χ0v) is 14.8. The Bertz CT molecular complexity index is 759. The summed E-state index contributed by atoms with van der Waals surface area (Å²) in [4.78, 5) is 15.0. The zero-order valence-electron chi connectivity index (χ0n) is 13.2. The van der Waals surface area contributed by atoms with Gasteiger partial charge >= 0.3 is 0 Å². The van der Waals surface area contributed by atoms with E-state index in [0.29, 0.717) is 6.54 Å². The number of anilines is 1. The van der Waals surface area contributed by atoms with Gasteiger partial charge in [-0.05, 0) is 42.7 Å². The standard InChI is InChI=1S/C19H19BrN2O2/c20-14-6-3-5-13(11-14)18-21-17-9-2-1-8-16(17)19(23)22(18)12-15-7-4-10-24-15/h1-3,5-6,8-9,11,15,18,21H,4,7,10,12H2/t15-,18-/m1/s1. The van der Waals surface area contributed by atoms with Crippen LogP contribution in [0.4, 0.5) is 5.69 Å². The molecule has 0 unspecified atom stereocenters. The minimum Gasteiger partial charge on any atom is -0.376 e. The number of halogens is 1. The van der Waals surface area contributed by atoms with Gasteiger partial charge < -0.3 is 15.0 Å². The molecule has 2 aliphatic heterocycles. The number of fused-ring (bicyclic) bond motifs is 1. The Kier molecular flexibility index (Phi) is 4.29. The molecule has 2 aliphatic rings. The predicted molar refractivity (Wildman–Crippen MR) is 97.0 cm³/mol. The summed E-state index contributed by atoms with van der Waals surface area (Å²) in [5, 5.41) is 3.52. The Balaban J connectivity index is 1.72. The van der Waals surface area contributed by atoms with Crippen LogP contribution < -0.4 is 5.32 Å². The lowest BCUT2D eigenvalue weighted by atomic mass is 10.0. The quantitative estimate of drug-likeness (QED) is 0.859. The summed E-state index contributed by atoms with van der Waals surface area (Å²) in [7, 11) is 0. The van der Waals surface area contributed by atoms with Crippen molar-refractivity contribution in [1.82, 2.24) is 4.90 Å². The molecule has 4 nitrogen and oxygen atoms in total. The van der Waals surface area contributed by atoms with Crippen molar-refractivity contribution in [1.29, 1.82) is 0 Å². The van der Waals surface area contributed by atoms with E-state index in [1.165, 1.54) is 0 Å². The lowest BCUT2D eigenvalue weighted by Gasteiger charge is -2.39. The Labute approximate surface area is 149 Å². The second-order valence-electron chi connectivity index (χ2n) is 6.24. The molecule has 2 aromatic carbocycles. The molecular formula is C19H19BrN2O2. The number of nitrogens with zero attached hydrogens (tertiary/aromatic N) is 1. The van der Waals surface area contributed by atoms with Crippen molar-refractivity contribution >= 4 is 27.5 Å². The summed E-state index contributed by atoms with van der Waals surface area (Å²) in [6.07, 6.45) is 2.01. The van der Waals surface area contributed by atoms with Gasteiger partial charge in [-0.3, -0.25) is 4.79 Å². The van der Waals surface area contributed by atoms with Crippen LogP contribution in [0.25, 0.3) is 0 Å². The number of hydrogen-bond donors (Lipinski definition) is 1. The van der Waals surface area contributed by atoms with Crippen molar-refractivity contribution in [2.75, 3.05) is 18.5 Å². The zero-order chi connectivity index (χ0) is 16.5. The van der Waals surface area contributed by atoms with Gasteiger partial charge in [0.15, 0.2) is 0 Å². The van der Waals surface area contributed by atoms with Crippen molar-refractivity contribution in [2.24, 2.45) is 0 Å². The topological polar surface area (TPSA) is 41.6 Å². The number of ether oxygens (including phenoxy) is 1. The summed E-state index contributed by atoms with van der Waals surface area (Å²) in [6, 6.07) is 15.8. The van der Waals surface area contributed by atoms with Gasteiger partial charge in [-0.2, -0.15) is 0 Å². The first kappa shape index (κ1) is 15.7. The van der Waals surface area contributed by atoms with E-state index in [1.54, 1.807) is 0 Å². The van der Waals surface area contributed by atoms with Crippen LogP contribution in [0.5, 0.6) is 0 Å². The van der Waals surface area contributed by atoms with Crippen LogP contribution >= 0.6 is 15.9 Å². The van der Waals surface area contributed by atoms with E-state index >= 15 is 0 Å². The minimum atomic E-state index is -0.186. The number of carbonyl (C=O) groups is 1. The lowest BCUT2D eigenvalue weighted by Crippen LogP contribution is -2.46. The maximum atomic E-state index is 13.1. The van der Waals surface area contributed by atoms with Crippen molar-refractivity contribution in [3.8, 4) is 0 Å². The van der Waals surface area contributed by atoms with Crippen molar-refractivity contribution in [3.63, 3.8) is 0 Å². The number of hydrogen-bond acceptors (Lipinski definition) is 3. The van der Waals surface area contributed by atoms with E-state index in [-0.39, 0.29) is 18.2 Å². The largest absolute Gasteiger partial charge is 0.376 e. The van der Waals surface area contributed by atoms with Crippen LogP contribution in [-0.4, -0.2) is 30.1 Å². The highest BCUT2D eigenvalue weighted by molar-refractivity contribution is 9.10. The number of amides is 1. The molecule has 2 heterocycles. The van der Waals surface area contributed by atoms with Gasteiger partial charge in [0.05, 0.1) is 11.7 Å². The van der Waals surface area contributed by atoms with Crippen LogP contribution in [0.2, 0.25) is 0 Å². The van der Waals surface area contributed by atoms with Crippen molar-refractivity contribution in [3.05, 3.63) is 64.1 Å². The third-order valence-corrected chi connectivity index (χ3v) is 5.10. The lowest BCUT2D eigenvalue weighted by molar-refractivity contribution is 0.0427. The van der Waals surface area contributed by atoms with Crippen LogP contribution in [-0.2, 0) is 4.74 Å². The fourth-order valence-corrected chi connectivity index (χ4v) is 3.85. The van der Waals surface area contributed by atoms with E-state index in [0.717, 1.165) is 40.7 Å². The Morgan fingerprint density at radius 1 is 1.21 bits per heavy atom. The normalized spacial score (nSPS) is 23.0. The fraction of sp³-hybridized carbons (Fsp3) is 0.316. The minimum absolute atomic E-state index is 0.0600. The highest BCUT2D eigenvalue weighted by Crippen LogP contribution is 2.34. The number of para-hydroxylation sites is 1. The molecule has 2 atom stereocenters. The molecular weight excluding hydrogens is 368 g/mol. The fourth-order valence-electron chi connectivity index (χ4n) is 3.43. The SMILES string of the molecule is O=C1c2ccccc2N[C@@H](c2cccc(Br)c2)N1C[C@H]1CCCO1. The summed E-state index contributed by atoms with van der Waals surface area (Å²) in [5.41, 5.74) is 2.67. The van der Waals surface area contributed by atoms with Crippen LogP contribution in [0.1, 0.15) is 34.9 Å². The summed E-state index contributed by atoms with van der Waals surface area (Å²) < 4.78 is 6.77. The molecule has 1 fully saturated rings. The Morgan fingerprint density at radius 2 is 2.08 bits per heavy atom. The molecule has 0 radical (unpaired) electrons. The van der Waals surface area contributed by atoms with Crippen molar-refractivity contribution < 1.29 is 9.53 Å². The average Bonchev–Trinajstić information content (AvgIpc) is 3.10. The highest BCUT2D eigenvalue weighted by atomic mass is 79.9. The number of rotatable bonds is 3. The third kappa shape index (κ3) is 2.94. The van der Waals surface area contributed by atoms with Crippen LogP contribution in [0.15, 0.2) is 53.0 Å². The van der Waals surface area contributed by atoms with Gasteiger partial charge in [-0.1, -0.05) is 40.2 Å². The second kappa shape index (κ2) is 6.57. The van der Waals surface area contributed by atoms with Crippen molar-refractivity contribution in [2.45, 2.75) is 25.1 Å². The first-order valence-electron chi connectivity index (χ1n) is 8.26. The van der Waals surface area contributed by atoms with Crippen LogP contribution in [0, 0.1) is 0 Å². The predicted octanol–water partition coefficient (Wildman–Crippen LogP) is 4.19.